The summed E-state index contributed by atoms with van der Waals surface area (Å²) in [6, 6.07) is 15.4. The van der Waals surface area contributed by atoms with Crippen LogP contribution in [-0.2, 0) is 9.59 Å². The van der Waals surface area contributed by atoms with Crippen LogP contribution in [0.5, 0.6) is 5.75 Å². The van der Waals surface area contributed by atoms with Gasteiger partial charge in [0, 0.05) is 27.4 Å². The number of aromatic nitrogens is 1. The maximum absolute atomic E-state index is 13.0. The van der Waals surface area contributed by atoms with E-state index in [4.69, 9.17) is 4.74 Å². The fourth-order valence-electron chi connectivity index (χ4n) is 4.17. The van der Waals surface area contributed by atoms with Crippen LogP contribution in [-0.4, -0.2) is 29.2 Å². The maximum Gasteiger partial charge on any atom is 0.239 e. The zero-order valence-electron chi connectivity index (χ0n) is 20.1. The Bertz CT molecular complexity index is 1160. The average molecular weight is 510 g/mol. The lowest BCUT2D eigenvalue weighted by atomic mass is 9.88. The Morgan fingerprint density at radius 2 is 1.91 bits per heavy atom. The van der Waals surface area contributed by atoms with Gasteiger partial charge in [-0.2, -0.15) is 0 Å². The van der Waals surface area contributed by atoms with Crippen LogP contribution >= 0.6 is 23.1 Å². The number of thiazole rings is 1. The van der Waals surface area contributed by atoms with Crippen molar-refractivity contribution in [2.75, 3.05) is 17.7 Å². The summed E-state index contributed by atoms with van der Waals surface area (Å²) >= 11 is 2.90. The van der Waals surface area contributed by atoms with Crippen molar-refractivity contribution in [3.05, 3.63) is 53.9 Å². The normalized spacial score (nSPS) is 14.8. The molecule has 4 rings (SSSR count). The number of thioether (sulfide) groups is 1. The van der Waals surface area contributed by atoms with Crippen molar-refractivity contribution >= 4 is 45.7 Å². The third-order valence-electron chi connectivity index (χ3n) is 6.12. The van der Waals surface area contributed by atoms with Gasteiger partial charge in [-0.05, 0) is 49.6 Å². The Kier molecular flexibility index (Phi) is 8.82. The summed E-state index contributed by atoms with van der Waals surface area (Å²) in [6.45, 7) is 2.00. The summed E-state index contributed by atoms with van der Waals surface area (Å²) in [5.41, 5.74) is 2.52. The number of benzene rings is 2. The summed E-state index contributed by atoms with van der Waals surface area (Å²) in [5, 5.41) is 8.26. The van der Waals surface area contributed by atoms with Crippen molar-refractivity contribution in [3.8, 4) is 17.0 Å². The predicted molar refractivity (Wildman–Crippen MR) is 144 cm³/mol. The van der Waals surface area contributed by atoms with Crippen LogP contribution in [0.25, 0.3) is 11.3 Å². The van der Waals surface area contributed by atoms with Crippen LogP contribution in [0.3, 0.4) is 0 Å². The lowest BCUT2D eigenvalue weighted by Gasteiger charge is -2.21. The first kappa shape index (κ1) is 25.3. The van der Waals surface area contributed by atoms with E-state index in [0.29, 0.717) is 11.6 Å². The van der Waals surface area contributed by atoms with Gasteiger partial charge in [-0.1, -0.05) is 44.4 Å². The smallest absolute Gasteiger partial charge is 0.239 e. The van der Waals surface area contributed by atoms with E-state index in [-0.39, 0.29) is 23.0 Å². The maximum atomic E-state index is 13.0. The number of methoxy groups -OCH3 is 1. The molecule has 184 valence electrons. The lowest BCUT2D eigenvalue weighted by molar-refractivity contribution is -0.120. The molecule has 1 saturated carbocycles. The molecule has 6 nitrogen and oxygen atoms in total. The highest BCUT2D eigenvalue weighted by Gasteiger charge is 2.22. The number of hydrogen-bond donors (Lipinski definition) is 2. The molecule has 1 unspecified atom stereocenters. The van der Waals surface area contributed by atoms with E-state index < -0.39 is 0 Å². The molecule has 0 saturated heterocycles. The molecule has 1 aliphatic carbocycles. The molecule has 1 aromatic heterocycles. The number of hydrogen-bond acceptors (Lipinski definition) is 6. The highest BCUT2D eigenvalue weighted by Crippen LogP contribution is 2.31. The molecule has 0 bridgehead atoms. The van der Waals surface area contributed by atoms with Crippen LogP contribution in [0.2, 0.25) is 0 Å². The van der Waals surface area contributed by atoms with Crippen molar-refractivity contribution < 1.29 is 14.3 Å². The summed E-state index contributed by atoms with van der Waals surface area (Å²) in [4.78, 5) is 31.2. The highest BCUT2D eigenvalue weighted by molar-refractivity contribution is 8.00. The van der Waals surface area contributed by atoms with E-state index >= 15 is 0 Å². The predicted octanol–water partition coefficient (Wildman–Crippen LogP) is 6.85. The summed E-state index contributed by atoms with van der Waals surface area (Å²) in [6.07, 6.45) is 6.08. The lowest BCUT2D eigenvalue weighted by Crippen LogP contribution is -2.25. The largest absolute Gasteiger partial charge is 0.497 e. The zero-order valence-corrected chi connectivity index (χ0v) is 21.7. The van der Waals surface area contributed by atoms with Gasteiger partial charge < -0.3 is 15.4 Å². The van der Waals surface area contributed by atoms with E-state index in [0.717, 1.165) is 53.3 Å². The molecule has 1 heterocycles. The second kappa shape index (κ2) is 12.2. The van der Waals surface area contributed by atoms with Gasteiger partial charge in [-0.25, -0.2) is 4.98 Å². The van der Waals surface area contributed by atoms with Crippen molar-refractivity contribution in [2.24, 2.45) is 5.92 Å². The first-order valence-electron chi connectivity index (χ1n) is 12.0. The molecular formula is C27H31N3O3S2. The number of carbonyl (C=O) groups excluding carboxylic acids is 2. The quantitative estimate of drug-likeness (QED) is 0.309. The molecule has 0 radical (unpaired) electrons. The van der Waals surface area contributed by atoms with Crippen LogP contribution in [0.1, 0.15) is 45.4 Å². The van der Waals surface area contributed by atoms with Crippen molar-refractivity contribution in [2.45, 2.75) is 55.6 Å². The molecule has 2 N–H and O–H groups in total. The number of ether oxygens (including phenoxy) is 1. The van der Waals surface area contributed by atoms with Gasteiger partial charge in [0.15, 0.2) is 5.13 Å². The van der Waals surface area contributed by atoms with Gasteiger partial charge in [0.05, 0.1) is 18.1 Å². The van der Waals surface area contributed by atoms with E-state index in [9.17, 15) is 9.59 Å². The third-order valence-corrected chi connectivity index (χ3v) is 8.23. The Morgan fingerprint density at radius 3 is 2.69 bits per heavy atom. The molecule has 1 aliphatic rings. The minimum absolute atomic E-state index is 0.0827. The molecular weight excluding hydrogens is 478 g/mol. The second-order valence-electron chi connectivity index (χ2n) is 8.63. The summed E-state index contributed by atoms with van der Waals surface area (Å²) in [7, 11) is 1.63. The van der Waals surface area contributed by atoms with E-state index in [1.54, 1.807) is 7.11 Å². The number of nitrogens with zero attached hydrogens (tertiary/aromatic N) is 1. The minimum atomic E-state index is -0.275. The van der Waals surface area contributed by atoms with Crippen molar-refractivity contribution in [1.82, 2.24) is 4.98 Å². The van der Waals surface area contributed by atoms with E-state index in [1.165, 1.54) is 29.5 Å². The minimum Gasteiger partial charge on any atom is -0.497 e. The molecule has 2 amide bonds. The van der Waals surface area contributed by atoms with Crippen LogP contribution < -0.4 is 15.4 Å². The van der Waals surface area contributed by atoms with E-state index in [1.807, 2.05) is 60.8 Å². The average Bonchev–Trinajstić information content (AvgIpc) is 3.36. The zero-order chi connectivity index (χ0) is 24.6. The number of amides is 2. The Hall–Kier alpha value is -2.84. The molecule has 1 atom stereocenters. The number of anilines is 2. The molecule has 35 heavy (non-hydrogen) atoms. The first-order chi connectivity index (χ1) is 17.1. The second-order valence-corrected chi connectivity index (χ2v) is 10.8. The third kappa shape index (κ3) is 6.86. The van der Waals surface area contributed by atoms with Gasteiger partial charge in [-0.3, -0.25) is 9.59 Å². The van der Waals surface area contributed by atoms with Crippen molar-refractivity contribution in [3.63, 3.8) is 0 Å². The molecule has 3 aromatic rings. The molecule has 2 aromatic carbocycles. The van der Waals surface area contributed by atoms with Crippen LogP contribution in [0.15, 0.2) is 58.8 Å². The standard InChI is InChI=1S/C27H31N3O3S2/c1-3-24(26(32)30-27-29-23(17-34-27)19-11-7-13-21(15-19)33-2)35-22-14-8-12-20(16-22)28-25(31)18-9-5-4-6-10-18/h7-8,11-18,24H,3-6,9-10H2,1-2H3,(H,28,31)(H,29,30,32). The Labute approximate surface area is 214 Å². The molecule has 0 aliphatic heterocycles. The molecule has 1 fully saturated rings. The molecule has 8 heteroatoms. The first-order valence-corrected chi connectivity index (χ1v) is 13.8. The van der Waals surface area contributed by atoms with E-state index in [2.05, 4.69) is 15.6 Å². The highest BCUT2D eigenvalue weighted by atomic mass is 32.2. The van der Waals surface area contributed by atoms with Crippen LogP contribution in [0.4, 0.5) is 10.8 Å². The number of carbonyl (C=O) groups is 2. The van der Waals surface area contributed by atoms with Crippen molar-refractivity contribution in [1.29, 1.82) is 0 Å². The number of rotatable bonds is 9. The monoisotopic (exact) mass is 509 g/mol. The molecule has 0 spiro atoms. The topological polar surface area (TPSA) is 80.3 Å². The van der Waals surface area contributed by atoms with Gasteiger partial charge in [0.1, 0.15) is 5.75 Å². The fourth-order valence-corrected chi connectivity index (χ4v) is 5.91. The summed E-state index contributed by atoms with van der Waals surface area (Å²) < 4.78 is 5.29. The van der Waals surface area contributed by atoms with Gasteiger partial charge in [-0.15, -0.1) is 23.1 Å². The summed E-state index contributed by atoms with van der Waals surface area (Å²) in [5.74, 6) is 0.892. The van der Waals surface area contributed by atoms with Gasteiger partial charge >= 0.3 is 0 Å². The SMILES string of the molecule is CCC(Sc1cccc(NC(=O)C2CCCCC2)c1)C(=O)Nc1nc(-c2cccc(OC)c2)cs1. The van der Waals surface area contributed by atoms with Crippen LogP contribution in [0, 0.1) is 5.92 Å². The Morgan fingerprint density at radius 1 is 1.11 bits per heavy atom. The Balaban J connectivity index is 1.37. The van der Waals surface area contributed by atoms with Gasteiger partial charge in [0.25, 0.3) is 0 Å². The number of nitrogens with one attached hydrogen (secondary N) is 2. The van der Waals surface area contributed by atoms with Gasteiger partial charge in [0.2, 0.25) is 11.8 Å². The fraction of sp³-hybridized carbons (Fsp3) is 0.370.